The monoisotopic (exact) mass is 261 g/mol. The maximum absolute atomic E-state index is 5.35. The Hall–Kier alpha value is -0.233. The van der Waals surface area contributed by atoms with Crippen LogP contribution in [-0.2, 0) is 13.3 Å². The lowest BCUT2D eigenvalue weighted by Crippen LogP contribution is -2.42. The van der Waals surface area contributed by atoms with Crippen molar-refractivity contribution >= 4 is 14.5 Å². The Balaban J connectivity index is 3.89. The molecule has 17 heavy (non-hydrogen) atoms. The third-order valence-corrected chi connectivity index (χ3v) is 5.68. The number of aliphatic imine (C=N–C) groups is 1. The fraction of sp³-hybridized carbons (Fsp3) is 0.917. The highest BCUT2D eigenvalue weighted by molar-refractivity contribution is 6.60. The molecule has 102 valence electrons. The average molecular weight is 261 g/mol. The van der Waals surface area contributed by atoms with Gasteiger partial charge in [-0.25, -0.2) is 0 Å². The van der Waals surface area contributed by atoms with Crippen LogP contribution in [0.1, 0.15) is 39.5 Å². The topological polar surface area (TPSA) is 40.0 Å². The lowest BCUT2D eigenvalue weighted by molar-refractivity contribution is 0.123. The first-order valence-electron chi connectivity index (χ1n) is 6.29. The minimum atomic E-state index is -2.38. The molecular formula is C12H27NO3Si. The molecule has 5 heteroatoms. The van der Waals surface area contributed by atoms with Crippen molar-refractivity contribution < 1.29 is 13.3 Å². The quantitative estimate of drug-likeness (QED) is 0.345. The summed E-state index contributed by atoms with van der Waals surface area (Å²) in [4.78, 5) is 4.54. The van der Waals surface area contributed by atoms with Crippen molar-refractivity contribution in [3.8, 4) is 0 Å². The largest absolute Gasteiger partial charge is 0.500 e. The third-order valence-electron chi connectivity index (χ3n) is 2.85. The van der Waals surface area contributed by atoms with Crippen LogP contribution < -0.4 is 0 Å². The van der Waals surface area contributed by atoms with Gasteiger partial charge in [0, 0.05) is 39.6 Å². The molecule has 0 aliphatic rings. The van der Waals surface area contributed by atoms with E-state index in [0.29, 0.717) is 0 Å². The van der Waals surface area contributed by atoms with Crippen LogP contribution in [0.25, 0.3) is 0 Å². The molecule has 0 aromatic rings. The van der Waals surface area contributed by atoms with Crippen molar-refractivity contribution in [3.63, 3.8) is 0 Å². The summed E-state index contributed by atoms with van der Waals surface area (Å²) in [6, 6.07) is 0.820. The van der Waals surface area contributed by atoms with Gasteiger partial charge in [-0.2, -0.15) is 0 Å². The van der Waals surface area contributed by atoms with Crippen LogP contribution in [0, 0.1) is 0 Å². The zero-order chi connectivity index (χ0) is 13.1. The van der Waals surface area contributed by atoms with Crippen molar-refractivity contribution in [1.29, 1.82) is 0 Å². The number of hydrogen-bond donors (Lipinski definition) is 0. The molecule has 0 N–H and O–H groups in total. The van der Waals surface area contributed by atoms with Crippen LogP contribution in [0.3, 0.4) is 0 Å². The molecule has 0 unspecified atom stereocenters. The molecule has 0 spiro atoms. The van der Waals surface area contributed by atoms with E-state index in [1.165, 1.54) is 18.6 Å². The van der Waals surface area contributed by atoms with Crippen LogP contribution in [0.2, 0.25) is 6.04 Å². The summed E-state index contributed by atoms with van der Waals surface area (Å²) in [7, 11) is 2.56. The van der Waals surface area contributed by atoms with Crippen molar-refractivity contribution in [1.82, 2.24) is 0 Å². The fourth-order valence-electron chi connectivity index (χ4n) is 1.63. The second-order valence-corrected chi connectivity index (χ2v) is 7.21. The van der Waals surface area contributed by atoms with Gasteiger partial charge < -0.3 is 13.3 Å². The van der Waals surface area contributed by atoms with Crippen molar-refractivity contribution in [2.24, 2.45) is 4.99 Å². The van der Waals surface area contributed by atoms with Gasteiger partial charge in [-0.15, -0.1) is 0 Å². The van der Waals surface area contributed by atoms with Gasteiger partial charge in [0.25, 0.3) is 0 Å². The van der Waals surface area contributed by atoms with Crippen LogP contribution in [-0.4, -0.2) is 42.4 Å². The number of hydrogen-bond acceptors (Lipinski definition) is 4. The zero-order valence-electron chi connectivity index (χ0n) is 11.9. The highest BCUT2D eigenvalue weighted by Gasteiger charge is 2.36. The smallest absolute Gasteiger partial charge is 0.377 e. The molecule has 0 atom stereocenters. The van der Waals surface area contributed by atoms with Gasteiger partial charge in [0.2, 0.25) is 0 Å². The van der Waals surface area contributed by atoms with E-state index < -0.39 is 8.80 Å². The summed E-state index contributed by atoms with van der Waals surface area (Å²) < 4.78 is 16.1. The highest BCUT2D eigenvalue weighted by atomic mass is 28.4. The molecular weight excluding hydrogens is 234 g/mol. The Kier molecular flexibility index (Phi) is 9.63. The van der Waals surface area contributed by atoms with E-state index >= 15 is 0 Å². The van der Waals surface area contributed by atoms with Gasteiger partial charge in [-0.3, -0.25) is 4.99 Å². The van der Waals surface area contributed by atoms with E-state index in [0.717, 1.165) is 25.4 Å². The third kappa shape index (κ3) is 6.93. The summed E-state index contributed by atoms with van der Waals surface area (Å²) >= 11 is 0. The van der Waals surface area contributed by atoms with E-state index in [1.807, 2.05) is 0 Å². The first-order chi connectivity index (χ1) is 8.14. The molecule has 0 fully saturated rings. The SMILES string of the molecule is CCCCC(C)=NCCC[Si](OC)(OC)OC. The Labute approximate surface area is 107 Å². The van der Waals surface area contributed by atoms with Gasteiger partial charge in [0.15, 0.2) is 0 Å². The molecule has 0 saturated carbocycles. The van der Waals surface area contributed by atoms with Crippen molar-refractivity contribution in [2.75, 3.05) is 27.9 Å². The maximum Gasteiger partial charge on any atom is 0.500 e. The van der Waals surface area contributed by atoms with Gasteiger partial charge >= 0.3 is 8.80 Å². The number of nitrogens with zero attached hydrogens (tertiary/aromatic N) is 1. The first kappa shape index (κ1) is 16.8. The minimum Gasteiger partial charge on any atom is -0.377 e. The van der Waals surface area contributed by atoms with Gasteiger partial charge in [-0.1, -0.05) is 13.3 Å². The number of rotatable bonds is 10. The number of unbranched alkanes of at least 4 members (excludes halogenated alkanes) is 1. The molecule has 0 radical (unpaired) electrons. The highest BCUT2D eigenvalue weighted by Crippen LogP contribution is 2.14. The van der Waals surface area contributed by atoms with E-state index in [1.54, 1.807) is 21.3 Å². The molecule has 0 rings (SSSR count). The molecule has 0 aliphatic carbocycles. The Morgan fingerprint density at radius 2 is 1.65 bits per heavy atom. The molecule has 0 amide bonds. The van der Waals surface area contributed by atoms with Crippen LogP contribution in [0.15, 0.2) is 4.99 Å². The zero-order valence-corrected chi connectivity index (χ0v) is 12.9. The molecule has 0 aromatic heterocycles. The molecule has 0 bridgehead atoms. The standard InChI is InChI=1S/C12H27NO3Si/c1-6-7-9-12(2)13-10-8-11-17(14-3,15-4)16-5/h6-11H2,1-5H3. The van der Waals surface area contributed by atoms with Gasteiger partial charge in [-0.05, 0) is 26.2 Å². The summed E-state index contributed by atoms with van der Waals surface area (Å²) in [5.41, 5.74) is 1.24. The summed E-state index contributed by atoms with van der Waals surface area (Å²) in [6.07, 6.45) is 4.51. The molecule has 0 heterocycles. The van der Waals surface area contributed by atoms with Gasteiger partial charge in [0.1, 0.15) is 0 Å². The first-order valence-corrected chi connectivity index (χ1v) is 8.22. The second-order valence-electron chi connectivity index (χ2n) is 4.12. The van der Waals surface area contributed by atoms with E-state index in [9.17, 15) is 0 Å². The fourth-order valence-corrected chi connectivity index (χ4v) is 3.34. The van der Waals surface area contributed by atoms with Crippen molar-refractivity contribution in [3.05, 3.63) is 0 Å². The summed E-state index contributed by atoms with van der Waals surface area (Å²) in [5.74, 6) is 0. The minimum absolute atomic E-state index is 0.820. The predicted octanol–water partition coefficient (Wildman–Crippen LogP) is 2.91. The Bertz CT molecular complexity index is 210. The summed E-state index contributed by atoms with van der Waals surface area (Å²) in [6.45, 7) is 5.13. The Morgan fingerprint density at radius 1 is 1.06 bits per heavy atom. The van der Waals surface area contributed by atoms with E-state index in [-0.39, 0.29) is 0 Å². The summed E-state index contributed by atoms with van der Waals surface area (Å²) in [5, 5.41) is 0. The normalized spacial score (nSPS) is 13.1. The van der Waals surface area contributed by atoms with Crippen LogP contribution >= 0.6 is 0 Å². The lowest BCUT2D eigenvalue weighted by atomic mass is 10.2. The average Bonchev–Trinajstić information content (AvgIpc) is 2.37. The molecule has 0 aromatic carbocycles. The van der Waals surface area contributed by atoms with E-state index in [2.05, 4.69) is 18.8 Å². The molecule has 0 aliphatic heterocycles. The van der Waals surface area contributed by atoms with Crippen LogP contribution in [0.4, 0.5) is 0 Å². The van der Waals surface area contributed by atoms with Gasteiger partial charge in [0.05, 0.1) is 0 Å². The second kappa shape index (κ2) is 9.76. The lowest BCUT2D eigenvalue weighted by Gasteiger charge is -2.23. The Morgan fingerprint density at radius 3 is 2.12 bits per heavy atom. The van der Waals surface area contributed by atoms with Crippen LogP contribution in [0.5, 0.6) is 0 Å². The van der Waals surface area contributed by atoms with E-state index in [4.69, 9.17) is 13.3 Å². The predicted molar refractivity (Wildman–Crippen MR) is 73.7 cm³/mol. The maximum atomic E-state index is 5.35. The molecule has 0 saturated heterocycles. The molecule has 4 nitrogen and oxygen atoms in total. The van der Waals surface area contributed by atoms with Crippen molar-refractivity contribution in [2.45, 2.75) is 45.6 Å².